The number of hydrogen-bond acceptors (Lipinski definition) is 3. The molecule has 1 amide bonds. The van der Waals surface area contributed by atoms with Crippen LogP contribution in [-0.2, 0) is 6.54 Å². The summed E-state index contributed by atoms with van der Waals surface area (Å²) in [4.78, 5) is 14.2. The van der Waals surface area contributed by atoms with Crippen LogP contribution in [0.5, 0.6) is 5.75 Å². The summed E-state index contributed by atoms with van der Waals surface area (Å²) >= 11 is 6.05. The maximum Gasteiger partial charge on any atom is 0.259 e. The molecule has 2 aromatic carbocycles. The molecule has 0 aromatic heterocycles. The second-order valence-corrected chi connectivity index (χ2v) is 4.99. The molecule has 0 fully saturated rings. The first-order valence-electron chi connectivity index (χ1n) is 6.66. The number of carbonyl (C=O) groups is 1. The van der Waals surface area contributed by atoms with E-state index in [1.165, 1.54) is 18.2 Å². The van der Waals surface area contributed by atoms with Crippen LogP contribution in [0.3, 0.4) is 0 Å². The maximum atomic E-state index is 12.6. The molecule has 0 aliphatic heterocycles. The fourth-order valence-electron chi connectivity index (χ4n) is 2.08. The SMILES string of the molecule is CCN(C(=O)c1cc(O)ccc1Cl)c1ccc(CN)cc1. The van der Waals surface area contributed by atoms with Gasteiger partial charge in [-0.05, 0) is 42.8 Å². The van der Waals surface area contributed by atoms with E-state index in [2.05, 4.69) is 0 Å². The molecule has 0 saturated heterocycles. The lowest BCUT2D eigenvalue weighted by Crippen LogP contribution is -2.30. The molecule has 0 aliphatic carbocycles. The molecule has 21 heavy (non-hydrogen) atoms. The Kier molecular flexibility index (Phi) is 4.83. The van der Waals surface area contributed by atoms with Gasteiger partial charge in [-0.15, -0.1) is 0 Å². The molecule has 0 heterocycles. The topological polar surface area (TPSA) is 66.6 Å². The fraction of sp³-hybridized carbons (Fsp3) is 0.188. The Morgan fingerprint density at radius 3 is 2.48 bits per heavy atom. The molecule has 0 radical (unpaired) electrons. The van der Waals surface area contributed by atoms with Crippen LogP contribution in [-0.4, -0.2) is 17.6 Å². The standard InChI is InChI=1S/C16H17ClN2O2/c1-2-19(12-5-3-11(10-18)4-6-12)16(21)14-9-13(20)7-8-15(14)17/h3-9,20H,2,10,18H2,1H3. The third kappa shape index (κ3) is 3.35. The van der Waals surface area contributed by atoms with Gasteiger partial charge in [0.2, 0.25) is 0 Å². The smallest absolute Gasteiger partial charge is 0.259 e. The second-order valence-electron chi connectivity index (χ2n) is 4.58. The number of phenols is 1. The normalized spacial score (nSPS) is 10.4. The molecular formula is C16H17ClN2O2. The van der Waals surface area contributed by atoms with E-state index in [-0.39, 0.29) is 17.2 Å². The van der Waals surface area contributed by atoms with Crippen molar-refractivity contribution in [2.75, 3.05) is 11.4 Å². The Labute approximate surface area is 128 Å². The van der Waals surface area contributed by atoms with Crippen LogP contribution in [0.2, 0.25) is 5.02 Å². The molecule has 2 rings (SSSR count). The van der Waals surface area contributed by atoms with Gasteiger partial charge in [0.15, 0.2) is 0 Å². The second kappa shape index (κ2) is 6.61. The third-order valence-electron chi connectivity index (χ3n) is 3.23. The highest BCUT2D eigenvalue weighted by molar-refractivity contribution is 6.34. The zero-order valence-corrected chi connectivity index (χ0v) is 12.5. The molecule has 0 unspecified atom stereocenters. The number of nitrogens with zero attached hydrogens (tertiary/aromatic N) is 1. The average Bonchev–Trinajstić information content (AvgIpc) is 2.51. The molecule has 110 valence electrons. The fourth-order valence-corrected chi connectivity index (χ4v) is 2.28. The highest BCUT2D eigenvalue weighted by atomic mass is 35.5. The number of carbonyl (C=O) groups excluding carboxylic acids is 1. The van der Waals surface area contributed by atoms with E-state index in [1.807, 2.05) is 31.2 Å². The summed E-state index contributed by atoms with van der Waals surface area (Å²) in [5, 5.41) is 9.85. The molecule has 4 nitrogen and oxygen atoms in total. The first-order chi connectivity index (χ1) is 10.1. The minimum Gasteiger partial charge on any atom is -0.508 e. The quantitative estimate of drug-likeness (QED) is 0.911. The predicted octanol–water partition coefficient (Wildman–Crippen LogP) is 3.17. The summed E-state index contributed by atoms with van der Waals surface area (Å²) < 4.78 is 0. The van der Waals surface area contributed by atoms with Gasteiger partial charge >= 0.3 is 0 Å². The van der Waals surface area contributed by atoms with Gasteiger partial charge < -0.3 is 15.7 Å². The molecule has 2 aromatic rings. The summed E-state index contributed by atoms with van der Waals surface area (Å²) in [5.74, 6) is -0.240. The number of benzene rings is 2. The third-order valence-corrected chi connectivity index (χ3v) is 3.56. The Balaban J connectivity index is 2.35. The summed E-state index contributed by atoms with van der Waals surface area (Å²) in [6.07, 6.45) is 0. The number of amides is 1. The molecule has 0 spiro atoms. The molecule has 0 saturated carbocycles. The number of nitrogens with two attached hydrogens (primary N) is 1. The Bertz CT molecular complexity index is 641. The van der Waals surface area contributed by atoms with E-state index >= 15 is 0 Å². The average molecular weight is 305 g/mol. The monoisotopic (exact) mass is 304 g/mol. The summed E-state index contributed by atoms with van der Waals surface area (Å²) in [7, 11) is 0. The van der Waals surface area contributed by atoms with Crippen LogP contribution in [0.25, 0.3) is 0 Å². The molecule has 3 N–H and O–H groups in total. The van der Waals surface area contributed by atoms with E-state index in [0.29, 0.717) is 18.1 Å². The van der Waals surface area contributed by atoms with Crippen LogP contribution in [0.4, 0.5) is 5.69 Å². The molecular weight excluding hydrogens is 288 g/mol. The van der Waals surface area contributed by atoms with Crippen molar-refractivity contribution in [2.45, 2.75) is 13.5 Å². The lowest BCUT2D eigenvalue weighted by atomic mass is 10.1. The maximum absolute atomic E-state index is 12.6. The van der Waals surface area contributed by atoms with Gasteiger partial charge in [0.05, 0.1) is 10.6 Å². The van der Waals surface area contributed by atoms with Crippen LogP contribution >= 0.6 is 11.6 Å². The van der Waals surface area contributed by atoms with Crippen molar-refractivity contribution < 1.29 is 9.90 Å². The lowest BCUT2D eigenvalue weighted by molar-refractivity contribution is 0.0988. The summed E-state index contributed by atoms with van der Waals surface area (Å²) in [5.41, 5.74) is 7.61. The molecule has 0 atom stereocenters. The van der Waals surface area contributed by atoms with Gasteiger partial charge in [-0.2, -0.15) is 0 Å². The van der Waals surface area contributed by atoms with Crippen molar-refractivity contribution in [1.82, 2.24) is 0 Å². The Morgan fingerprint density at radius 1 is 1.24 bits per heavy atom. The number of phenolic OH excluding ortho intramolecular Hbond substituents is 1. The Morgan fingerprint density at radius 2 is 1.90 bits per heavy atom. The van der Waals surface area contributed by atoms with Crippen LogP contribution < -0.4 is 10.6 Å². The lowest BCUT2D eigenvalue weighted by Gasteiger charge is -2.22. The van der Waals surface area contributed by atoms with E-state index in [0.717, 1.165) is 11.3 Å². The number of halogens is 1. The van der Waals surface area contributed by atoms with Crippen molar-refractivity contribution >= 4 is 23.2 Å². The van der Waals surface area contributed by atoms with E-state index < -0.39 is 0 Å². The molecule has 0 aliphatic rings. The van der Waals surface area contributed by atoms with Gasteiger partial charge in [-0.3, -0.25) is 4.79 Å². The van der Waals surface area contributed by atoms with Crippen LogP contribution in [0, 0.1) is 0 Å². The first kappa shape index (κ1) is 15.4. The summed E-state index contributed by atoms with van der Waals surface area (Å²) in [6, 6.07) is 11.8. The number of hydrogen-bond donors (Lipinski definition) is 2. The zero-order valence-electron chi connectivity index (χ0n) is 11.7. The van der Waals surface area contributed by atoms with Gasteiger partial charge in [-0.1, -0.05) is 23.7 Å². The minimum absolute atomic E-state index is 0.0114. The van der Waals surface area contributed by atoms with Crippen molar-refractivity contribution in [3.05, 3.63) is 58.6 Å². The van der Waals surface area contributed by atoms with Crippen LogP contribution in [0.1, 0.15) is 22.8 Å². The van der Waals surface area contributed by atoms with Gasteiger partial charge in [0.25, 0.3) is 5.91 Å². The number of aromatic hydroxyl groups is 1. The van der Waals surface area contributed by atoms with Gasteiger partial charge in [0.1, 0.15) is 5.75 Å². The Hall–Kier alpha value is -2.04. The van der Waals surface area contributed by atoms with Crippen LogP contribution in [0.15, 0.2) is 42.5 Å². The largest absolute Gasteiger partial charge is 0.508 e. The van der Waals surface area contributed by atoms with Gasteiger partial charge in [-0.25, -0.2) is 0 Å². The van der Waals surface area contributed by atoms with E-state index in [4.69, 9.17) is 17.3 Å². The minimum atomic E-state index is -0.251. The van der Waals surface area contributed by atoms with E-state index in [1.54, 1.807) is 4.90 Å². The predicted molar refractivity (Wildman–Crippen MR) is 84.8 cm³/mol. The highest BCUT2D eigenvalue weighted by Gasteiger charge is 2.19. The van der Waals surface area contributed by atoms with Gasteiger partial charge in [0, 0.05) is 18.8 Å². The molecule has 0 bridgehead atoms. The molecule has 5 heteroatoms. The number of anilines is 1. The highest BCUT2D eigenvalue weighted by Crippen LogP contribution is 2.25. The number of rotatable bonds is 4. The summed E-state index contributed by atoms with van der Waals surface area (Å²) in [6.45, 7) is 2.83. The first-order valence-corrected chi connectivity index (χ1v) is 7.04. The van der Waals surface area contributed by atoms with Crippen molar-refractivity contribution in [3.63, 3.8) is 0 Å². The van der Waals surface area contributed by atoms with Crippen molar-refractivity contribution in [1.29, 1.82) is 0 Å². The zero-order chi connectivity index (χ0) is 15.4. The van der Waals surface area contributed by atoms with E-state index in [9.17, 15) is 9.90 Å². The van der Waals surface area contributed by atoms with Crippen molar-refractivity contribution in [2.24, 2.45) is 5.73 Å². The van der Waals surface area contributed by atoms with Crippen molar-refractivity contribution in [3.8, 4) is 5.75 Å².